The molecule has 3 aliphatic carbocycles. The number of aromatic amines is 1. The molecule has 2 aromatic rings. The summed E-state index contributed by atoms with van der Waals surface area (Å²) in [5.41, 5.74) is 0.357. The maximum absolute atomic E-state index is 12.2. The molecule has 8 nitrogen and oxygen atoms in total. The number of para-hydroxylation sites is 1. The zero-order chi connectivity index (χ0) is 28.5. The second-order valence-electron chi connectivity index (χ2n) is 12.4. The number of nitrogens with zero attached hydrogens (tertiary/aromatic N) is 1. The smallest absolute Gasteiger partial charge is 0.191 e. The Morgan fingerprint density at radius 3 is 2.75 bits per heavy atom. The number of allylic oxidation sites excluding steroid dienone is 1. The van der Waals surface area contributed by atoms with Crippen molar-refractivity contribution in [2.75, 3.05) is 20.2 Å². The molecule has 0 saturated heterocycles. The van der Waals surface area contributed by atoms with Gasteiger partial charge in [-0.25, -0.2) is 0 Å². The highest BCUT2D eigenvalue weighted by Crippen LogP contribution is 2.59. The minimum absolute atomic E-state index is 0.0760. The van der Waals surface area contributed by atoms with Gasteiger partial charge in [-0.2, -0.15) is 0 Å². The van der Waals surface area contributed by atoms with Gasteiger partial charge in [0.2, 0.25) is 0 Å². The van der Waals surface area contributed by atoms with Crippen LogP contribution in [0.5, 0.6) is 0 Å². The van der Waals surface area contributed by atoms with E-state index in [1.807, 2.05) is 19.1 Å². The van der Waals surface area contributed by atoms with E-state index < -0.39 is 28.8 Å². The summed E-state index contributed by atoms with van der Waals surface area (Å²) in [5.74, 6) is 6.75. The number of aliphatic imine (C=N–C) groups is 1. The molecule has 1 aromatic heterocycles. The molecule has 1 aromatic carbocycles. The van der Waals surface area contributed by atoms with Crippen LogP contribution in [0.3, 0.4) is 0 Å². The van der Waals surface area contributed by atoms with Crippen LogP contribution in [-0.4, -0.2) is 74.9 Å². The Bertz CT molecular complexity index is 1290. The standard InChI is InChI=1S/C32H44N4O4/c1-21(16-24-17-22-8-4-5-10-27(22)35-24)31-11-6-9-23(36-29(33-3)34-14-7-15-37)19-32(40)26(20-31)25(18-28(32)38)30(2,39)12-13-31/h4-5,8,10,17,23,25-26,28,35,37-40H,1,7,11-16,18-20H2,2-3H3,(H2,33,34,36). The van der Waals surface area contributed by atoms with Gasteiger partial charge in [0.1, 0.15) is 0 Å². The molecule has 2 saturated carbocycles. The number of aliphatic hydroxyl groups excluding tert-OH is 2. The van der Waals surface area contributed by atoms with E-state index in [0.717, 1.165) is 28.6 Å². The van der Waals surface area contributed by atoms with Crippen LogP contribution in [0.15, 0.2) is 47.5 Å². The molecule has 0 aliphatic heterocycles. The van der Waals surface area contributed by atoms with E-state index in [1.165, 1.54) is 0 Å². The summed E-state index contributed by atoms with van der Waals surface area (Å²) < 4.78 is 0. The fraction of sp³-hybridized carbons (Fsp3) is 0.594. The fourth-order valence-electron chi connectivity index (χ4n) is 7.41. The van der Waals surface area contributed by atoms with Crippen LogP contribution in [0, 0.1) is 29.1 Å². The number of guanidine groups is 1. The van der Waals surface area contributed by atoms with Crippen LogP contribution in [-0.2, 0) is 6.42 Å². The first-order valence-electron chi connectivity index (χ1n) is 14.5. The SMILES string of the molecule is C=C(Cc1cc2ccccc2[nH]1)C12CC#CC(NC(=NC)NCCCO)CC3(O)C(O)CC(C3C1)C(C)(O)CC2. The predicted molar refractivity (Wildman–Crippen MR) is 158 cm³/mol. The van der Waals surface area contributed by atoms with E-state index >= 15 is 0 Å². The lowest BCUT2D eigenvalue weighted by molar-refractivity contribution is -0.105. The molecule has 40 heavy (non-hydrogen) atoms. The molecule has 2 bridgehead atoms. The molecule has 5 rings (SSSR count). The molecule has 1 heterocycles. The molecule has 3 aliphatic rings. The number of nitrogens with one attached hydrogen (secondary N) is 3. The van der Waals surface area contributed by atoms with Crippen molar-refractivity contribution in [1.82, 2.24) is 15.6 Å². The van der Waals surface area contributed by atoms with Gasteiger partial charge in [-0.15, -0.1) is 5.92 Å². The number of H-pyrrole nitrogens is 1. The monoisotopic (exact) mass is 548 g/mol. The highest BCUT2D eigenvalue weighted by molar-refractivity contribution is 5.80. The topological polar surface area (TPSA) is 133 Å². The summed E-state index contributed by atoms with van der Waals surface area (Å²) in [7, 11) is 1.67. The maximum atomic E-state index is 12.2. The molecule has 0 spiro atoms. The van der Waals surface area contributed by atoms with Crippen molar-refractivity contribution in [2.45, 2.75) is 81.6 Å². The summed E-state index contributed by atoms with van der Waals surface area (Å²) in [6, 6.07) is 9.92. The average molecular weight is 549 g/mol. The van der Waals surface area contributed by atoms with E-state index in [0.29, 0.717) is 51.0 Å². The van der Waals surface area contributed by atoms with Crippen molar-refractivity contribution in [3.63, 3.8) is 0 Å². The molecule has 7 unspecified atom stereocenters. The number of fused-ring (bicyclic) bond motifs is 2. The summed E-state index contributed by atoms with van der Waals surface area (Å²) in [6.07, 6.45) is 3.28. The fourth-order valence-corrected chi connectivity index (χ4v) is 7.41. The molecule has 8 heteroatoms. The largest absolute Gasteiger partial charge is 0.396 e. The second kappa shape index (κ2) is 11.2. The van der Waals surface area contributed by atoms with Crippen LogP contribution < -0.4 is 10.6 Å². The third-order valence-corrected chi connectivity index (χ3v) is 9.84. The zero-order valence-corrected chi connectivity index (χ0v) is 23.7. The Labute approximate surface area is 237 Å². The Hall–Kier alpha value is -2.83. The lowest BCUT2D eigenvalue weighted by atomic mass is 9.66. The van der Waals surface area contributed by atoms with Gasteiger partial charge in [0.25, 0.3) is 0 Å². The number of aliphatic hydroxyl groups is 4. The van der Waals surface area contributed by atoms with Gasteiger partial charge in [0.05, 0.1) is 23.3 Å². The lowest BCUT2D eigenvalue weighted by Gasteiger charge is -2.41. The Balaban J connectivity index is 1.49. The Kier molecular flexibility index (Phi) is 8.04. The van der Waals surface area contributed by atoms with Crippen LogP contribution in [0.2, 0.25) is 0 Å². The first-order valence-corrected chi connectivity index (χ1v) is 14.5. The van der Waals surface area contributed by atoms with Crippen molar-refractivity contribution >= 4 is 16.9 Å². The van der Waals surface area contributed by atoms with Crippen molar-refractivity contribution < 1.29 is 20.4 Å². The van der Waals surface area contributed by atoms with Gasteiger partial charge in [0.15, 0.2) is 5.96 Å². The molecule has 0 radical (unpaired) electrons. The van der Waals surface area contributed by atoms with E-state index in [2.05, 4.69) is 57.2 Å². The minimum atomic E-state index is -1.42. The first-order chi connectivity index (χ1) is 19.1. The van der Waals surface area contributed by atoms with Gasteiger partial charge in [-0.3, -0.25) is 4.99 Å². The van der Waals surface area contributed by atoms with Gasteiger partial charge in [-0.1, -0.05) is 36.3 Å². The average Bonchev–Trinajstić information content (AvgIpc) is 3.42. The highest BCUT2D eigenvalue weighted by atomic mass is 16.3. The molecule has 216 valence electrons. The van der Waals surface area contributed by atoms with Crippen LogP contribution in [0.1, 0.15) is 57.6 Å². The quantitative estimate of drug-likeness (QED) is 0.0936. The molecule has 7 N–H and O–H groups in total. The van der Waals surface area contributed by atoms with Crippen LogP contribution >= 0.6 is 0 Å². The third-order valence-electron chi connectivity index (χ3n) is 9.84. The summed E-state index contributed by atoms with van der Waals surface area (Å²) in [4.78, 5) is 7.82. The zero-order valence-electron chi connectivity index (χ0n) is 23.7. The van der Waals surface area contributed by atoms with E-state index in [1.54, 1.807) is 7.05 Å². The van der Waals surface area contributed by atoms with Gasteiger partial charge >= 0.3 is 0 Å². The molecule has 7 atom stereocenters. The second-order valence-corrected chi connectivity index (χ2v) is 12.4. The summed E-state index contributed by atoms with van der Waals surface area (Å²) >= 11 is 0. The van der Waals surface area contributed by atoms with Gasteiger partial charge in [-0.05, 0) is 68.4 Å². The first kappa shape index (κ1) is 28.7. The van der Waals surface area contributed by atoms with E-state index in [4.69, 9.17) is 5.11 Å². The molecule has 2 fully saturated rings. The van der Waals surface area contributed by atoms with E-state index in [9.17, 15) is 15.3 Å². The normalized spacial score (nSPS) is 35.6. The molecule has 0 amide bonds. The van der Waals surface area contributed by atoms with Crippen LogP contribution in [0.4, 0.5) is 0 Å². The van der Waals surface area contributed by atoms with Crippen molar-refractivity contribution in [3.8, 4) is 11.8 Å². The number of aromatic nitrogens is 1. The summed E-state index contributed by atoms with van der Waals surface area (Å²) in [5, 5.41) is 52.0. The number of hydrogen-bond acceptors (Lipinski definition) is 5. The van der Waals surface area contributed by atoms with Gasteiger partial charge < -0.3 is 36.0 Å². The number of benzene rings is 1. The van der Waals surface area contributed by atoms with Crippen molar-refractivity contribution in [3.05, 3.63) is 48.2 Å². The number of rotatable bonds is 7. The third kappa shape index (κ3) is 5.40. The Morgan fingerprint density at radius 2 is 2.00 bits per heavy atom. The molecular formula is C32H44N4O4. The predicted octanol–water partition coefficient (Wildman–Crippen LogP) is 2.63. The van der Waals surface area contributed by atoms with Crippen molar-refractivity contribution in [1.29, 1.82) is 0 Å². The van der Waals surface area contributed by atoms with Gasteiger partial charge in [0, 0.05) is 56.1 Å². The molecular weight excluding hydrogens is 504 g/mol. The van der Waals surface area contributed by atoms with E-state index in [-0.39, 0.29) is 24.9 Å². The lowest BCUT2D eigenvalue weighted by Crippen LogP contribution is -2.52. The minimum Gasteiger partial charge on any atom is -0.396 e. The highest BCUT2D eigenvalue weighted by Gasteiger charge is 2.62. The maximum Gasteiger partial charge on any atom is 0.191 e. The number of hydrogen-bond donors (Lipinski definition) is 7. The van der Waals surface area contributed by atoms with Crippen molar-refractivity contribution in [2.24, 2.45) is 22.2 Å². The van der Waals surface area contributed by atoms with Crippen LogP contribution in [0.25, 0.3) is 10.9 Å². The summed E-state index contributed by atoms with van der Waals surface area (Å²) in [6.45, 7) is 7.09. The Morgan fingerprint density at radius 1 is 1.20 bits per heavy atom.